The van der Waals surface area contributed by atoms with Crippen LogP contribution >= 0.6 is 27.7 Å². The summed E-state index contributed by atoms with van der Waals surface area (Å²) in [6.07, 6.45) is -0.511. The lowest BCUT2D eigenvalue weighted by molar-refractivity contribution is -0.0289. The van der Waals surface area contributed by atoms with Gasteiger partial charge in [0.25, 0.3) is 0 Å². The molecule has 9 nitrogen and oxygen atoms in total. The second kappa shape index (κ2) is 9.58. The lowest BCUT2D eigenvalue weighted by Crippen LogP contribution is -2.32. The van der Waals surface area contributed by atoms with Gasteiger partial charge in [-0.25, -0.2) is 15.0 Å². The van der Waals surface area contributed by atoms with E-state index in [4.69, 9.17) is 10.5 Å². The van der Waals surface area contributed by atoms with Crippen molar-refractivity contribution in [2.45, 2.75) is 31.1 Å². The molecule has 30 heavy (non-hydrogen) atoms. The van der Waals surface area contributed by atoms with E-state index in [0.717, 1.165) is 23.3 Å². The molecular weight excluding hydrogens is 472 g/mol. The van der Waals surface area contributed by atoms with Gasteiger partial charge in [-0.15, -0.1) is 0 Å². The number of imidazole rings is 1. The van der Waals surface area contributed by atoms with Crippen LogP contribution in [0, 0.1) is 0 Å². The van der Waals surface area contributed by atoms with Gasteiger partial charge < -0.3 is 26.0 Å². The fourth-order valence-electron chi connectivity index (χ4n) is 3.38. The molecule has 0 amide bonds. The highest BCUT2D eigenvalue weighted by molar-refractivity contribution is 9.10. The Labute approximate surface area is 186 Å². The minimum absolute atomic E-state index is 0.259. The van der Waals surface area contributed by atoms with Crippen LogP contribution in [0.2, 0.25) is 0 Å². The minimum Gasteiger partial charge on any atom is -0.387 e. The Hall–Kier alpha value is -1.76. The van der Waals surface area contributed by atoms with Crippen LogP contribution < -0.4 is 11.1 Å². The second-order valence-electron chi connectivity index (χ2n) is 7.01. The molecular formula is C19H23BrN6O3S. The van der Waals surface area contributed by atoms with E-state index in [1.165, 1.54) is 18.2 Å². The second-order valence-corrected chi connectivity index (χ2v) is 9.08. The van der Waals surface area contributed by atoms with E-state index < -0.39 is 24.5 Å². The summed E-state index contributed by atoms with van der Waals surface area (Å²) in [6, 6.07) is 8.18. The van der Waals surface area contributed by atoms with Crippen molar-refractivity contribution in [1.82, 2.24) is 24.8 Å². The third-order valence-corrected chi connectivity index (χ3v) is 6.47. The van der Waals surface area contributed by atoms with Gasteiger partial charge in [-0.1, -0.05) is 28.1 Å². The van der Waals surface area contributed by atoms with E-state index in [9.17, 15) is 10.2 Å². The molecule has 3 heterocycles. The first-order valence-corrected chi connectivity index (χ1v) is 11.5. The molecule has 11 heteroatoms. The van der Waals surface area contributed by atoms with E-state index in [-0.39, 0.29) is 5.82 Å². The average molecular weight is 495 g/mol. The number of nitrogens with one attached hydrogen (secondary N) is 1. The van der Waals surface area contributed by atoms with Gasteiger partial charge in [0.1, 0.15) is 24.1 Å². The van der Waals surface area contributed by atoms with E-state index >= 15 is 0 Å². The maximum absolute atomic E-state index is 10.5. The fraction of sp³-hybridized carbons (Fsp3) is 0.421. The van der Waals surface area contributed by atoms with Crippen LogP contribution in [0.25, 0.3) is 11.2 Å². The molecule has 1 aliphatic rings. The zero-order valence-electron chi connectivity index (χ0n) is 16.1. The summed E-state index contributed by atoms with van der Waals surface area (Å²) >= 11 is 5.13. The molecule has 0 spiro atoms. The topological polar surface area (TPSA) is 131 Å². The molecule has 0 bridgehead atoms. The Bertz CT molecular complexity index is 1010. The maximum Gasteiger partial charge on any atom is 0.167 e. The van der Waals surface area contributed by atoms with Gasteiger partial charge >= 0.3 is 0 Å². The molecule has 1 saturated heterocycles. The summed E-state index contributed by atoms with van der Waals surface area (Å²) in [5, 5.41) is 24.3. The van der Waals surface area contributed by atoms with E-state index in [0.29, 0.717) is 16.9 Å². The minimum atomic E-state index is -1.08. The number of thioether (sulfide) groups is 1. The third kappa shape index (κ3) is 4.61. The van der Waals surface area contributed by atoms with Crippen LogP contribution in [0.4, 0.5) is 5.82 Å². The molecule has 3 aromatic rings. The van der Waals surface area contributed by atoms with E-state index in [2.05, 4.69) is 48.3 Å². The quantitative estimate of drug-likeness (QED) is 0.342. The normalized spacial score (nSPS) is 24.0. The summed E-state index contributed by atoms with van der Waals surface area (Å²) in [6.45, 7) is 1.62. The zero-order valence-corrected chi connectivity index (χ0v) is 18.5. The number of nitrogen functional groups attached to an aromatic ring is 1. The largest absolute Gasteiger partial charge is 0.387 e. The summed E-state index contributed by atoms with van der Waals surface area (Å²) in [4.78, 5) is 12.3. The van der Waals surface area contributed by atoms with Crippen LogP contribution in [0.15, 0.2) is 41.4 Å². The molecule has 0 aliphatic carbocycles. The van der Waals surface area contributed by atoms with Gasteiger partial charge in [-0.05, 0) is 17.7 Å². The predicted molar refractivity (Wildman–Crippen MR) is 119 cm³/mol. The number of aromatic nitrogens is 4. The van der Waals surface area contributed by atoms with Crippen LogP contribution in [-0.2, 0) is 11.3 Å². The molecule has 4 atom stereocenters. The van der Waals surface area contributed by atoms with E-state index in [1.807, 2.05) is 12.1 Å². The van der Waals surface area contributed by atoms with Crippen molar-refractivity contribution >= 4 is 44.7 Å². The molecule has 4 rings (SSSR count). The number of anilines is 1. The number of halogens is 1. The SMILES string of the molecule is Nc1ncnc2c1ncn2[C@@H]1O[C@H](CSCCNCc2cccc(Br)c2)[C@@H](O)[C@H]1O. The van der Waals surface area contributed by atoms with Crippen molar-refractivity contribution < 1.29 is 14.9 Å². The van der Waals surface area contributed by atoms with Crippen LogP contribution in [-0.4, -0.2) is 66.1 Å². The van der Waals surface area contributed by atoms with E-state index in [1.54, 1.807) is 16.3 Å². The van der Waals surface area contributed by atoms with Crippen molar-refractivity contribution in [2.24, 2.45) is 0 Å². The molecule has 1 aliphatic heterocycles. The maximum atomic E-state index is 10.5. The van der Waals surface area contributed by atoms with Gasteiger partial charge in [0, 0.05) is 29.1 Å². The van der Waals surface area contributed by atoms with Gasteiger partial charge in [0.05, 0.1) is 12.4 Å². The summed E-state index contributed by atoms with van der Waals surface area (Å²) < 4.78 is 8.60. The first-order valence-electron chi connectivity index (χ1n) is 9.52. The van der Waals surface area contributed by atoms with Crippen molar-refractivity contribution in [3.8, 4) is 0 Å². The monoisotopic (exact) mass is 494 g/mol. The van der Waals surface area contributed by atoms with Crippen LogP contribution in [0.5, 0.6) is 0 Å². The molecule has 5 N–H and O–H groups in total. The number of fused-ring (bicyclic) bond motifs is 1. The Kier molecular flexibility index (Phi) is 6.86. The lowest BCUT2D eigenvalue weighted by atomic mass is 10.1. The number of aliphatic hydroxyl groups is 2. The first-order chi connectivity index (χ1) is 14.5. The Morgan fingerprint density at radius 2 is 2.10 bits per heavy atom. The summed E-state index contributed by atoms with van der Waals surface area (Å²) in [5.74, 6) is 1.69. The number of nitrogens with two attached hydrogens (primary N) is 1. The number of hydrogen-bond acceptors (Lipinski definition) is 9. The molecule has 1 fully saturated rings. The van der Waals surface area contributed by atoms with Gasteiger partial charge in [-0.3, -0.25) is 4.57 Å². The van der Waals surface area contributed by atoms with Gasteiger partial charge in [0.15, 0.2) is 17.7 Å². The highest BCUT2D eigenvalue weighted by atomic mass is 79.9. The number of nitrogens with zero attached hydrogens (tertiary/aromatic N) is 4. The van der Waals surface area contributed by atoms with Crippen molar-refractivity contribution in [1.29, 1.82) is 0 Å². The third-order valence-electron chi connectivity index (χ3n) is 4.92. The molecule has 0 radical (unpaired) electrons. The fourth-order valence-corrected chi connectivity index (χ4v) is 4.79. The number of aliphatic hydroxyl groups excluding tert-OH is 2. The van der Waals surface area contributed by atoms with Crippen LogP contribution in [0.3, 0.4) is 0 Å². The Balaban J connectivity index is 1.27. The smallest absolute Gasteiger partial charge is 0.167 e. The van der Waals surface area contributed by atoms with Crippen molar-refractivity contribution in [3.63, 3.8) is 0 Å². The number of rotatable bonds is 8. The average Bonchev–Trinajstić information content (AvgIpc) is 3.28. The zero-order chi connectivity index (χ0) is 21.1. The van der Waals surface area contributed by atoms with Gasteiger partial charge in [-0.2, -0.15) is 11.8 Å². The molecule has 160 valence electrons. The summed E-state index contributed by atoms with van der Waals surface area (Å²) in [7, 11) is 0. The standard InChI is InChI=1S/C19H23BrN6O3S/c20-12-3-1-2-11(6-12)7-22-4-5-30-8-13-15(27)16(28)19(29-13)26-10-25-14-17(21)23-9-24-18(14)26/h1-3,6,9-10,13,15-16,19,22,27-28H,4-5,7-8H2,(H2,21,23,24)/t13-,15-,16-,19-/m1/s1. The molecule has 0 unspecified atom stereocenters. The lowest BCUT2D eigenvalue weighted by Gasteiger charge is -2.16. The number of benzene rings is 1. The first kappa shape index (κ1) is 21.5. The molecule has 1 aromatic carbocycles. The van der Waals surface area contributed by atoms with Crippen LogP contribution in [0.1, 0.15) is 11.8 Å². The van der Waals surface area contributed by atoms with Crippen molar-refractivity contribution in [3.05, 3.63) is 47.0 Å². The van der Waals surface area contributed by atoms with Gasteiger partial charge in [0.2, 0.25) is 0 Å². The highest BCUT2D eigenvalue weighted by Gasteiger charge is 2.44. The van der Waals surface area contributed by atoms with Crippen molar-refractivity contribution in [2.75, 3.05) is 23.8 Å². The Morgan fingerprint density at radius 1 is 1.23 bits per heavy atom. The molecule has 0 saturated carbocycles. The number of hydrogen-bond donors (Lipinski definition) is 4. The number of ether oxygens (including phenoxy) is 1. The Morgan fingerprint density at radius 3 is 2.93 bits per heavy atom. The predicted octanol–water partition coefficient (Wildman–Crippen LogP) is 1.31. The highest BCUT2D eigenvalue weighted by Crippen LogP contribution is 2.33. The molecule has 2 aromatic heterocycles. The summed E-state index contributed by atoms with van der Waals surface area (Å²) in [5.41, 5.74) is 7.93.